The van der Waals surface area contributed by atoms with Gasteiger partial charge in [0.15, 0.2) is 0 Å². The summed E-state index contributed by atoms with van der Waals surface area (Å²) < 4.78 is 30.4. The van der Waals surface area contributed by atoms with Gasteiger partial charge in [-0.3, -0.25) is 4.90 Å². The largest absolute Gasteiger partial charge is 0.434 e. The number of halogens is 3. The van der Waals surface area contributed by atoms with E-state index in [0.29, 0.717) is 18.7 Å². The molecule has 120 valence electrons. The Balaban J connectivity index is 2.06. The van der Waals surface area contributed by atoms with Crippen molar-refractivity contribution in [2.75, 3.05) is 7.05 Å². The molecule has 2 aromatic rings. The van der Waals surface area contributed by atoms with Crippen LogP contribution in [0.2, 0.25) is 0 Å². The van der Waals surface area contributed by atoms with Gasteiger partial charge in [-0.25, -0.2) is 4.98 Å². The molecule has 0 aliphatic rings. The highest BCUT2D eigenvalue weighted by Crippen LogP contribution is 2.26. The molecule has 0 fully saturated rings. The molecule has 1 aromatic carbocycles. The van der Waals surface area contributed by atoms with Gasteiger partial charge >= 0.3 is 6.61 Å². The molecule has 0 unspecified atom stereocenters. The van der Waals surface area contributed by atoms with E-state index in [1.807, 2.05) is 17.3 Å². The highest BCUT2D eigenvalue weighted by molar-refractivity contribution is 9.10. The molecule has 0 spiro atoms. The first-order chi connectivity index (χ1) is 10.5. The molecule has 7 heteroatoms. The highest BCUT2D eigenvalue weighted by Gasteiger charge is 2.13. The van der Waals surface area contributed by atoms with E-state index in [9.17, 15) is 8.78 Å². The lowest BCUT2D eigenvalue weighted by molar-refractivity contribution is -0.0507. The zero-order chi connectivity index (χ0) is 16.1. The molecule has 0 aliphatic carbocycles. The summed E-state index contributed by atoms with van der Waals surface area (Å²) in [6.45, 7) is 0.412. The standard InChI is InChI=1S/C15H17BrF2N2OS/c1-3-14-19-12(9-22-14)8-20(2)7-10-6-11(16)4-5-13(10)21-15(17)18/h4-6,9,15H,3,7-8H2,1-2H3. The lowest BCUT2D eigenvalue weighted by Gasteiger charge is -2.18. The van der Waals surface area contributed by atoms with Crippen LogP contribution in [0.3, 0.4) is 0 Å². The fraction of sp³-hybridized carbons (Fsp3) is 0.400. The van der Waals surface area contributed by atoms with Crippen molar-refractivity contribution in [3.8, 4) is 5.75 Å². The monoisotopic (exact) mass is 390 g/mol. The molecule has 1 heterocycles. The molecule has 2 rings (SSSR count). The van der Waals surface area contributed by atoms with Crippen LogP contribution in [0.1, 0.15) is 23.2 Å². The van der Waals surface area contributed by atoms with Gasteiger partial charge in [0, 0.05) is 28.5 Å². The van der Waals surface area contributed by atoms with Gasteiger partial charge < -0.3 is 4.74 Å². The Hall–Kier alpha value is -1.05. The van der Waals surface area contributed by atoms with E-state index in [1.54, 1.807) is 29.5 Å². The predicted molar refractivity (Wildman–Crippen MR) is 87.4 cm³/mol. The zero-order valence-electron chi connectivity index (χ0n) is 12.4. The van der Waals surface area contributed by atoms with E-state index in [4.69, 9.17) is 0 Å². The van der Waals surface area contributed by atoms with Crippen molar-refractivity contribution in [1.82, 2.24) is 9.88 Å². The number of ether oxygens (including phenoxy) is 1. The quantitative estimate of drug-likeness (QED) is 0.684. The van der Waals surface area contributed by atoms with Crippen LogP contribution in [-0.2, 0) is 19.5 Å². The van der Waals surface area contributed by atoms with Crippen molar-refractivity contribution in [3.63, 3.8) is 0 Å². The second-order valence-corrected chi connectivity index (χ2v) is 6.75. The number of thiazole rings is 1. The Morgan fingerprint density at radius 3 is 2.77 bits per heavy atom. The van der Waals surface area contributed by atoms with E-state index in [1.165, 1.54) is 0 Å². The number of aryl methyl sites for hydroxylation is 1. The second-order valence-electron chi connectivity index (χ2n) is 4.89. The first-order valence-corrected chi connectivity index (χ1v) is 8.50. The molecule has 0 aliphatic heterocycles. The van der Waals surface area contributed by atoms with Crippen molar-refractivity contribution in [2.24, 2.45) is 0 Å². The Bertz CT molecular complexity index is 621. The van der Waals surface area contributed by atoms with Crippen LogP contribution < -0.4 is 4.74 Å². The highest BCUT2D eigenvalue weighted by atomic mass is 79.9. The van der Waals surface area contributed by atoms with E-state index in [0.717, 1.165) is 21.6 Å². The van der Waals surface area contributed by atoms with E-state index in [2.05, 4.69) is 32.6 Å². The third kappa shape index (κ3) is 5.00. The van der Waals surface area contributed by atoms with Gasteiger partial charge in [0.25, 0.3) is 0 Å². The molecule has 0 saturated carbocycles. The summed E-state index contributed by atoms with van der Waals surface area (Å²) in [5.41, 5.74) is 1.71. The normalized spacial score (nSPS) is 11.4. The number of hydrogen-bond donors (Lipinski definition) is 0. The number of aromatic nitrogens is 1. The Kier molecular flexibility index (Phi) is 6.28. The maximum atomic E-state index is 12.5. The number of hydrogen-bond acceptors (Lipinski definition) is 4. The molecule has 0 radical (unpaired) electrons. The summed E-state index contributed by atoms with van der Waals surface area (Å²) >= 11 is 5.00. The minimum atomic E-state index is -2.82. The van der Waals surface area contributed by atoms with Crippen molar-refractivity contribution in [1.29, 1.82) is 0 Å². The topological polar surface area (TPSA) is 25.4 Å². The summed E-state index contributed by atoms with van der Waals surface area (Å²) in [5.74, 6) is 0.206. The first kappa shape index (κ1) is 17.3. The van der Waals surface area contributed by atoms with Crippen LogP contribution in [0, 0.1) is 0 Å². The van der Waals surface area contributed by atoms with Gasteiger partial charge in [-0.1, -0.05) is 22.9 Å². The van der Waals surface area contributed by atoms with Crippen molar-refractivity contribution < 1.29 is 13.5 Å². The van der Waals surface area contributed by atoms with Gasteiger partial charge in [-0.2, -0.15) is 8.78 Å². The Labute approximate surface area is 141 Å². The number of benzene rings is 1. The van der Waals surface area contributed by atoms with Gasteiger partial charge in [0.1, 0.15) is 5.75 Å². The Morgan fingerprint density at radius 2 is 2.14 bits per heavy atom. The van der Waals surface area contributed by atoms with Crippen LogP contribution in [0.5, 0.6) is 5.75 Å². The average molecular weight is 391 g/mol. The van der Waals surface area contributed by atoms with Gasteiger partial charge in [0.2, 0.25) is 0 Å². The lowest BCUT2D eigenvalue weighted by atomic mass is 10.2. The second kappa shape index (κ2) is 7.99. The fourth-order valence-corrected chi connectivity index (χ4v) is 3.23. The minimum absolute atomic E-state index is 0.206. The SMILES string of the molecule is CCc1nc(CN(C)Cc2cc(Br)ccc2OC(F)F)cs1. The molecule has 0 saturated heterocycles. The molecular weight excluding hydrogens is 374 g/mol. The van der Waals surface area contributed by atoms with Crippen LogP contribution in [0.15, 0.2) is 28.1 Å². The number of rotatable bonds is 7. The van der Waals surface area contributed by atoms with Crippen LogP contribution >= 0.6 is 27.3 Å². The Morgan fingerprint density at radius 1 is 1.36 bits per heavy atom. The van der Waals surface area contributed by atoms with Crippen molar-refractivity contribution >= 4 is 27.3 Å². The molecule has 0 amide bonds. The fourth-order valence-electron chi connectivity index (χ4n) is 2.09. The maximum absolute atomic E-state index is 12.5. The van der Waals surface area contributed by atoms with E-state index < -0.39 is 6.61 Å². The van der Waals surface area contributed by atoms with Crippen molar-refractivity contribution in [2.45, 2.75) is 33.0 Å². The molecule has 1 aromatic heterocycles. The minimum Gasteiger partial charge on any atom is -0.434 e. The smallest absolute Gasteiger partial charge is 0.387 e. The lowest BCUT2D eigenvalue weighted by Crippen LogP contribution is -2.18. The van der Waals surface area contributed by atoms with Crippen LogP contribution in [0.25, 0.3) is 0 Å². The maximum Gasteiger partial charge on any atom is 0.387 e. The number of nitrogens with zero attached hydrogens (tertiary/aromatic N) is 2. The first-order valence-electron chi connectivity index (χ1n) is 6.83. The third-order valence-corrected chi connectivity index (χ3v) is 4.55. The summed E-state index contributed by atoms with van der Waals surface area (Å²) in [5, 5.41) is 3.14. The zero-order valence-corrected chi connectivity index (χ0v) is 14.8. The molecule has 22 heavy (non-hydrogen) atoms. The third-order valence-electron chi connectivity index (χ3n) is 3.01. The summed E-state index contributed by atoms with van der Waals surface area (Å²) in [6.07, 6.45) is 0.923. The van der Waals surface area contributed by atoms with E-state index in [-0.39, 0.29) is 5.75 Å². The summed E-state index contributed by atoms with van der Waals surface area (Å²) in [4.78, 5) is 6.54. The summed E-state index contributed by atoms with van der Waals surface area (Å²) in [7, 11) is 1.93. The van der Waals surface area contributed by atoms with Gasteiger partial charge in [0.05, 0.1) is 10.7 Å². The van der Waals surface area contributed by atoms with Crippen LogP contribution in [0.4, 0.5) is 8.78 Å². The molecular formula is C15H17BrF2N2OS. The molecule has 0 N–H and O–H groups in total. The van der Waals surface area contributed by atoms with Crippen LogP contribution in [-0.4, -0.2) is 23.5 Å². The molecule has 0 atom stereocenters. The molecule has 0 bridgehead atoms. The molecule has 3 nitrogen and oxygen atoms in total. The average Bonchev–Trinajstić information content (AvgIpc) is 2.89. The summed E-state index contributed by atoms with van der Waals surface area (Å²) in [6, 6.07) is 5.04. The predicted octanol–water partition coefficient (Wildman–Crippen LogP) is 4.70. The van der Waals surface area contributed by atoms with Gasteiger partial charge in [-0.05, 0) is 31.7 Å². The van der Waals surface area contributed by atoms with Crippen molar-refractivity contribution in [3.05, 3.63) is 44.3 Å². The van der Waals surface area contributed by atoms with Gasteiger partial charge in [-0.15, -0.1) is 11.3 Å². The van der Waals surface area contributed by atoms with E-state index >= 15 is 0 Å². The number of alkyl halides is 2.